The minimum atomic E-state index is -3.18. The first kappa shape index (κ1) is 27.4. The lowest BCUT2D eigenvalue weighted by atomic mass is 10.1. The van der Waals surface area contributed by atoms with Crippen molar-refractivity contribution in [3.05, 3.63) is 107 Å². The summed E-state index contributed by atoms with van der Waals surface area (Å²) < 4.78 is 45.9. The molecule has 11 heteroatoms. The number of amides is 1. The second-order valence-corrected chi connectivity index (χ2v) is 13.6. The average molecular weight is 606 g/mol. The molecule has 4 aromatic rings. The van der Waals surface area contributed by atoms with Crippen molar-refractivity contribution >= 4 is 50.1 Å². The quantitative estimate of drug-likeness (QED) is 0.199. The number of hydrogen-bond acceptors (Lipinski definition) is 7. The van der Waals surface area contributed by atoms with E-state index >= 15 is 0 Å². The van der Waals surface area contributed by atoms with Crippen molar-refractivity contribution in [3.8, 4) is 22.7 Å². The summed E-state index contributed by atoms with van der Waals surface area (Å²) in [5.41, 5.74) is 3.45. The van der Waals surface area contributed by atoms with E-state index in [0.717, 1.165) is 11.3 Å². The highest BCUT2D eigenvalue weighted by Gasteiger charge is 2.42. The molecule has 0 unspecified atom stereocenters. The fourth-order valence-corrected chi connectivity index (χ4v) is 7.92. The Hall–Kier alpha value is -3.80. The van der Waals surface area contributed by atoms with Crippen LogP contribution in [-0.2, 0) is 21.2 Å². The van der Waals surface area contributed by atoms with Gasteiger partial charge in [-0.2, -0.15) is 5.10 Å². The molecule has 41 heavy (non-hydrogen) atoms. The number of ether oxygens (including phenoxy) is 1. The third kappa shape index (κ3) is 5.83. The molecule has 0 N–H and O–H groups in total. The number of nitrogens with zero attached hydrogens (tertiary/aromatic N) is 3. The molecule has 2 aliphatic heterocycles. The van der Waals surface area contributed by atoms with Crippen LogP contribution in [0, 0.1) is 5.82 Å². The summed E-state index contributed by atoms with van der Waals surface area (Å²) in [6, 6.07) is 23.0. The third-order valence-electron chi connectivity index (χ3n) is 6.93. The van der Waals surface area contributed by atoms with Gasteiger partial charge in [-0.3, -0.25) is 9.69 Å². The summed E-state index contributed by atoms with van der Waals surface area (Å²) in [5, 5.41) is 4.82. The molecule has 1 aromatic heterocycles. The second kappa shape index (κ2) is 11.2. The van der Waals surface area contributed by atoms with Crippen LogP contribution in [0.5, 0.6) is 5.75 Å². The molecule has 1 atom stereocenters. The Labute approximate surface area is 246 Å². The fourth-order valence-electron chi connectivity index (χ4n) is 4.83. The molecule has 0 saturated carbocycles. The summed E-state index contributed by atoms with van der Waals surface area (Å²) >= 11 is 6.65. The van der Waals surface area contributed by atoms with Crippen molar-refractivity contribution in [2.24, 2.45) is 0 Å². The number of aromatic nitrogens is 2. The molecular weight excluding hydrogens is 582 g/mol. The molecule has 7 nitrogen and oxygen atoms in total. The minimum Gasteiger partial charge on any atom is -0.489 e. The van der Waals surface area contributed by atoms with Gasteiger partial charge in [-0.1, -0.05) is 60.4 Å². The molecule has 0 aliphatic carbocycles. The number of benzene rings is 3. The van der Waals surface area contributed by atoms with Crippen LogP contribution in [0.25, 0.3) is 23.0 Å². The Bertz CT molecular complexity index is 1770. The third-order valence-corrected chi connectivity index (χ3v) is 10.0. The first-order valence-electron chi connectivity index (χ1n) is 12.9. The van der Waals surface area contributed by atoms with Gasteiger partial charge >= 0.3 is 0 Å². The zero-order chi connectivity index (χ0) is 28.6. The molecule has 2 fully saturated rings. The van der Waals surface area contributed by atoms with Gasteiger partial charge in [0, 0.05) is 22.9 Å². The van der Waals surface area contributed by atoms with E-state index in [9.17, 15) is 17.6 Å². The first-order valence-corrected chi connectivity index (χ1v) is 15.9. The zero-order valence-electron chi connectivity index (χ0n) is 21.6. The van der Waals surface area contributed by atoms with Crippen LogP contribution < -0.4 is 4.74 Å². The Balaban J connectivity index is 1.30. The topological polar surface area (TPSA) is 81.5 Å². The summed E-state index contributed by atoms with van der Waals surface area (Å²) in [4.78, 5) is 15.2. The van der Waals surface area contributed by atoms with Crippen molar-refractivity contribution in [3.63, 3.8) is 0 Å². The normalized spacial score (nSPS) is 19.3. The van der Waals surface area contributed by atoms with E-state index < -0.39 is 15.9 Å². The maximum absolute atomic E-state index is 14.0. The largest absolute Gasteiger partial charge is 0.489 e. The van der Waals surface area contributed by atoms with E-state index in [1.54, 1.807) is 41.1 Å². The molecule has 3 aromatic carbocycles. The molecule has 2 saturated heterocycles. The van der Waals surface area contributed by atoms with Crippen molar-refractivity contribution < 1.29 is 22.3 Å². The zero-order valence-corrected chi connectivity index (χ0v) is 24.1. The Morgan fingerprint density at radius 1 is 1.05 bits per heavy atom. The maximum Gasteiger partial charge on any atom is 0.266 e. The molecule has 208 valence electrons. The van der Waals surface area contributed by atoms with Crippen LogP contribution in [-0.4, -0.2) is 50.9 Å². The molecular formula is C30H24FN3O4S3. The lowest BCUT2D eigenvalue weighted by molar-refractivity contribution is -0.123. The highest BCUT2D eigenvalue weighted by atomic mass is 32.2. The number of rotatable bonds is 7. The van der Waals surface area contributed by atoms with Gasteiger partial charge in [-0.15, -0.1) is 0 Å². The first-order chi connectivity index (χ1) is 19.8. The summed E-state index contributed by atoms with van der Waals surface area (Å²) in [5.74, 6) is -0.0529. The minimum absolute atomic E-state index is 0.0573. The highest BCUT2D eigenvalue weighted by molar-refractivity contribution is 8.26. The predicted molar refractivity (Wildman–Crippen MR) is 162 cm³/mol. The molecule has 1 amide bonds. The van der Waals surface area contributed by atoms with Crippen LogP contribution in [0.3, 0.4) is 0 Å². The van der Waals surface area contributed by atoms with Crippen molar-refractivity contribution in [2.75, 3.05) is 11.5 Å². The number of carbonyl (C=O) groups excluding carboxylic acids is 1. The van der Waals surface area contributed by atoms with Crippen molar-refractivity contribution in [2.45, 2.75) is 19.1 Å². The van der Waals surface area contributed by atoms with Crippen LogP contribution in [0.1, 0.15) is 17.5 Å². The van der Waals surface area contributed by atoms with Gasteiger partial charge in [-0.05, 0) is 55.0 Å². The summed E-state index contributed by atoms with van der Waals surface area (Å²) in [7, 11) is -3.18. The Morgan fingerprint density at radius 3 is 2.49 bits per heavy atom. The van der Waals surface area contributed by atoms with Gasteiger partial charge in [0.2, 0.25) is 0 Å². The number of thiocarbonyl (C=S) groups is 1. The van der Waals surface area contributed by atoms with Gasteiger partial charge in [0.1, 0.15) is 22.5 Å². The van der Waals surface area contributed by atoms with Crippen LogP contribution in [0.2, 0.25) is 0 Å². The average Bonchev–Trinajstić information content (AvgIpc) is 3.63. The maximum atomic E-state index is 14.0. The smallest absolute Gasteiger partial charge is 0.266 e. The number of para-hydroxylation sites is 1. The van der Waals surface area contributed by atoms with Gasteiger partial charge in [0.05, 0.1) is 33.8 Å². The lowest BCUT2D eigenvalue weighted by Gasteiger charge is -2.20. The molecule has 6 rings (SSSR count). The Morgan fingerprint density at radius 2 is 1.78 bits per heavy atom. The van der Waals surface area contributed by atoms with Crippen molar-refractivity contribution in [1.82, 2.24) is 14.7 Å². The molecule has 3 heterocycles. The number of hydrogen-bond donors (Lipinski definition) is 0. The number of carbonyl (C=O) groups is 1. The van der Waals surface area contributed by atoms with Gasteiger partial charge < -0.3 is 4.74 Å². The van der Waals surface area contributed by atoms with Gasteiger partial charge in [0.15, 0.2) is 9.84 Å². The second-order valence-electron chi connectivity index (χ2n) is 9.73. The fraction of sp³-hybridized carbons (Fsp3) is 0.167. The van der Waals surface area contributed by atoms with E-state index in [-0.39, 0.29) is 29.8 Å². The van der Waals surface area contributed by atoms with Crippen molar-refractivity contribution in [1.29, 1.82) is 0 Å². The van der Waals surface area contributed by atoms with E-state index in [1.165, 1.54) is 22.7 Å². The Kier molecular flexibility index (Phi) is 7.50. The molecule has 2 aliphatic rings. The number of thioether (sulfide) groups is 1. The number of halogens is 1. The predicted octanol–water partition coefficient (Wildman–Crippen LogP) is 5.65. The van der Waals surface area contributed by atoms with Crippen LogP contribution in [0.4, 0.5) is 4.39 Å². The summed E-state index contributed by atoms with van der Waals surface area (Å²) in [6.45, 7) is 0.101. The standard InChI is InChI=1S/C30H24FN3O4S3/c31-26-9-5-4-6-21(26)18-38-25-12-10-20(11-13-25)28-22(17-33(32-28)23-7-2-1-3-8-23)16-27-29(35)34(30(39)40-27)24-14-15-41(36,37)19-24/h1-13,16-17,24H,14-15,18-19H2/b27-16-/t24-/m0/s1. The van der Waals surface area contributed by atoms with E-state index in [2.05, 4.69) is 0 Å². The summed E-state index contributed by atoms with van der Waals surface area (Å²) in [6.07, 6.45) is 3.98. The molecule has 0 spiro atoms. The van der Waals surface area contributed by atoms with E-state index in [4.69, 9.17) is 22.1 Å². The van der Waals surface area contributed by atoms with E-state index in [0.29, 0.717) is 38.2 Å². The van der Waals surface area contributed by atoms with Crippen LogP contribution >= 0.6 is 24.0 Å². The van der Waals surface area contributed by atoms with Crippen LogP contribution in [0.15, 0.2) is 90.0 Å². The SMILES string of the molecule is O=C1/C(=C/c2cn(-c3ccccc3)nc2-c2ccc(OCc3ccccc3F)cc2)SC(=S)N1[C@H]1CCS(=O)(=O)C1. The highest BCUT2D eigenvalue weighted by Crippen LogP contribution is 2.38. The molecule has 0 bridgehead atoms. The lowest BCUT2D eigenvalue weighted by Crippen LogP contribution is -2.39. The molecule has 0 radical (unpaired) electrons. The number of sulfone groups is 1. The monoisotopic (exact) mass is 605 g/mol. The van der Waals surface area contributed by atoms with Gasteiger partial charge in [-0.25, -0.2) is 17.5 Å². The van der Waals surface area contributed by atoms with E-state index in [1.807, 2.05) is 48.7 Å². The van der Waals surface area contributed by atoms with Gasteiger partial charge in [0.25, 0.3) is 5.91 Å².